The highest BCUT2D eigenvalue weighted by molar-refractivity contribution is 9.10. The highest BCUT2D eigenvalue weighted by atomic mass is 79.9. The van der Waals surface area contributed by atoms with Gasteiger partial charge in [0.25, 0.3) is 5.91 Å². The zero-order valence-corrected chi connectivity index (χ0v) is 13.1. The number of hydrogen-bond acceptors (Lipinski definition) is 4. The molecule has 0 fully saturated rings. The number of ether oxygens (including phenoxy) is 1. The molecule has 0 saturated carbocycles. The molecule has 1 aromatic rings. The second kappa shape index (κ2) is 7.89. The number of carbonyl (C=O) groups excluding carboxylic acids is 2. The molecule has 0 bridgehead atoms. The third kappa shape index (κ3) is 4.85. The van der Waals surface area contributed by atoms with Gasteiger partial charge in [-0.1, -0.05) is 29.8 Å². The standard InChI is InChI=1S/C14H18BrNO4/c1-3-10(4-2)16-13(18)8-20-14(19)11-7-9(15)5-6-12(11)17/h5-7,10,17H,3-4,8H2,1-2H3,(H,16,18). The van der Waals surface area contributed by atoms with Gasteiger partial charge < -0.3 is 15.2 Å². The van der Waals surface area contributed by atoms with Gasteiger partial charge in [-0.25, -0.2) is 4.79 Å². The van der Waals surface area contributed by atoms with Crippen LogP contribution in [0.1, 0.15) is 37.0 Å². The Labute approximate surface area is 126 Å². The number of esters is 1. The maximum atomic E-state index is 11.8. The molecule has 2 N–H and O–H groups in total. The van der Waals surface area contributed by atoms with E-state index in [0.717, 1.165) is 12.8 Å². The van der Waals surface area contributed by atoms with E-state index in [4.69, 9.17) is 4.74 Å². The summed E-state index contributed by atoms with van der Waals surface area (Å²) in [5.41, 5.74) is 0.0229. The van der Waals surface area contributed by atoms with Gasteiger partial charge in [-0.05, 0) is 31.0 Å². The molecule has 110 valence electrons. The molecule has 0 aromatic heterocycles. The van der Waals surface area contributed by atoms with Crippen LogP contribution in [-0.2, 0) is 9.53 Å². The van der Waals surface area contributed by atoms with Crippen molar-refractivity contribution in [3.63, 3.8) is 0 Å². The van der Waals surface area contributed by atoms with E-state index in [1.54, 1.807) is 6.07 Å². The largest absolute Gasteiger partial charge is 0.507 e. The molecule has 20 heavy (non-hydrogen) atoms. The van der Waals surface area contributed by atoms with Gasteiger partial charge in [0.1, 0.15) is 11.3 Å². The Kier molecular flexibility index (Phi) is 6.51. The van der Waals surface area contributed by atoms with E-state index in [2.05, 4.69) is 21.2 Å². The highest BCUT2D eigenvalue weighted by Gasteiger charge is 2.15. The van der Waals surface area contributed by atoms with Crippen LogP contribution in [0.15, 0.2) is 22.7 Å². The molecular formula is C14H18BrNO4. The van der Waals surface area contributed by atoms with E-state index < -0.39 is 5.97 Å². The van der Waals surface area contributed by atoms with Crippen LogP contribution in [0.4, 0.5) is 0 Å². The lowest BCUT2D eigenvalue weighted by Crippen LogP contribution is -2.36. The Bertz CT molecular complexity index is 486. The first-order valence-electron chi connectivity index (χ1n) is 6.42. The van der Waals surface area contributed by atoms with Crippen LogP contribution in [0.5, 0.6) is 5.75 Å². The van der Waals surface area contributed by atoms with Crippen LogP contribution in [0.25, 0.3) is 0 Å². The smallest absolute Gasteiger partial charge is 0.342 e. The predicted molar refractivity (Wildman–Crippen MR) is 78.6 cm³/mol. The van der Waals surface area contributed by atoms with Crippen molar-refractivity contribution in [3.05, 3.63) is 28.2 Å². The minimum Gasteiger partial charge on any atom is -0.507 e. The van der Waals surface area contributed by atoms with Crippen molar-refractivity contribution in [1.82, 2.24) is 5.32 Å². The zero-order valence-electron chi connectivity index (χ0n) is 11.5. The number of benzene rings is 1. The molecule has 0 atom stereocenters. The first kappa shape index (κ1) is 16.5. The zero-order chi connectivity index (χ0) is 15.1. The maximum Gasteiger partial charge on any atom is 0.342 e. The summed E-state index contributed by atoms with van der Waals surface area (Å²) in [6, 6.07) is 4.51. The van der Waals surface area contributed by atoms with Crippen molar-refractivity contribution in [2.75, 3.05) is 6.61 Å². The van der Waals surface area contributed by atoms with Crippen LogP contribution < -0.4 is 5.32 Å². The van der Waals surface area contributed by atoms with E-state index in [0.29, 0.717) is 4.47 Å². The number of amides is 1. The molecule has 6 heteroatoms. The first-order chi connectivity index (χ1) is 9.47. The summed E-state index contributed by atoms with van der Waals surface area (Å²) in [7, 11) is 0. The molecule has 0 aliphatic heterocycles. The number of carbonyl (C=O) groups is 2. The minimum absolute atomic E-state index is 0.0229. The molecule has 1 amide bonds. The number of hydrogen-bond donors (Lipinski definition) is 2. The Morgan fingerprint density at radius 2 is 2.00 bits per heavy atom. The summed E-state index contributed by atoms with van der Waals surface area (Å²) in [5, 5.41) is 12.3. The fourth-order valence-electron chi connectivity index (χ4n) is 1.64. The second-order valence-corrected chi connectivity index (χ2v) is 5.23. The molecular weight excluding hydrogens is 326 g/mol. The summed E-state index contributed by atoms with van der Waals surface area (Å²) in [6.45, 7) is 3.58. The molecule has 0 heterocycles. The topological polar surface area (TPSA) is 75.6 Å². The third-order valence-electron chi connectivity index (χ3n) is 2.86. The Morgan fingerprint density at radius 3 is 2.60 bits per heavy atom. The minimum atomic E-state index is -0.733. The Morgan fingerprint density at radius 1 is 1.35 bits per heavy atom. The molecule has 0 unspecified atom stereocenters. The lowest BCUT2D eigenvalue weighted by molar-refractivity contribution is -0.125. The van der Waals surface area contributed by atoms with Gasteiger partial charge in [0.05, 0.1) is 0 Å². The molecule has 1 aromatic carbocycles. The van der Waals surface area contributed by atoms with Crippen molar-refractivity contribution in [1.29, 1.82) is 0 Å². The van der Waals surface area contributed by atoms with Crippen molar-refractivity contribution in [2.24, 2.45) is 0 Å². The molecule has 1 rings (SSSR count). The summed E-state index contributed by atoms with van der Waals surface area (Å²) < 4.78 is 5.53. The van der Waals surface area contributed by atoms with Gasteiger partial charge in [-0.15, -0.1) is 0 Å². The van der Waals surface area contributed by atoms with Crippen molar-refractivity contribution in [3.8, 4) is 5.75 Å². The van der Waals surface area contributed by atoms with Gasteiger partial charge in [-0.3, -0.25) is 4.79 Å². The van der Waals surface area contributed by atoms with Crippen LogP contribution in [0, 0.1) is 0 Å². The lowest BCUT2D eigenvalue weighted by Gasteiger charge is -2.14. The van der Waals surface area contributed by atoms with E-state index in [1.165, 1.54) is 12.1 Å². The quantitative estimate of drug-likeness (QED) is 0.778. The number of nitrogens with one attached hydrogen (secondary N) is 1. The van der Waals surface area contributed by atoms with Gasteiger partial charge in [0, 0.05) is 10.5 Å². The van der Waals surface area contributed by atoms with E-state index in [1.807, 2.05) is 13.8 Å². The summed E-state index contributed by atoms with van der Waals surface area (Å²) in [5.74, 6) is -1.26. The van der Waals surface area contributed by atoms with Crippen molar-refractivity contribution in [2.45, 2.75) is 32.7 Å². The molecule has 0 spiro atoms. The Hall–Kier alpha value is -1.56. The van der Waals surface area contributed by atoms with Gasteiger partial charge in [0.2, 0.25) is 0 Å². The average molecular weight is 344 g/mol. The molecule has 0 radical (unpaired) electrons. The monoisotopic (exact) mass is 343 g/mol. The SMILES string of the molecule is CCC(CC)NC(=O)COC(=O)c1cc(Br)ccc1O. The third-order valence-corrected chi connectivity index (χ3v) is 3.36. The summed E-state index contributed by atoms with van der Waals surface area (Å²) in [6.07, 6.45) is 1.64. The number of rotatable bonds is 6. The van der Waals surface area contributed by atoms with Crippen LogP contribution >= 0.6 is 15.9 Å². The molecule has 5 nitrogen and oxygen atoms in total. The molecule has 0 aliphatic carbocycles. The summed E-state index contributed by atoms with van der Waals surface area (Å²) >= 11 is 3.20. The molecule has 0 saturated heterocycles. The average Bonchev–Trinajstić information content (AvgIpc) is 2.44. The number of halogens is 1. The fraction of sp³-hybridized carbons (Fsp3) is 0.429. The second-order valence-electron chi connectivity index (χ2n) is 4.32. The van der Waals surface area contributed by atoms with Gasteiger partial charge in [0.15, 0.2) is 6.61 Å². The predicted octanol–water partition coefficient (Wildman–Crippen LogP) is 2.62. The highest BCUT2D eigenvalue weighted by Crippen LogP contribution is 2.22. The van der Waals surface area contributed by atoms with Gasteiger partial charge in [-0.2, -0.15) is 0 Å². The number of phenols is 1. The van der Waals surface area contributed by atoms with E-state index >= 15 is 0 Å². The fourth-order valence-corrected chi connectivity index (χ4v) is 2.00. The number of phenolic OH excluding ortho intramolecular Hbond substituents is 1. The van der Waals surface area contributed by atoms with Crippen LogP contribution in [0.2, 0.25) is 0 Å². The van der Waals surface area contributed by atoms with Crippen molar-refractivity contribution >= 4 is 27.8 Å². The maximum absolute atomic E-state index is 11.8. The normalized spacial score (nSPS) is 10.4. The Balaban J connectivity index is 2.55. The number of aromatic hydroxyl groups is 1. The first-order valence-corrected chi connectivity index (χ1v) is 7.22. The van der Waals surface area contributed by atoms with Crippen LogP contribution in [0.3, 0.4) is 0 Å². The van der Waals surface area contributed by atoms with Crippen LogP contribution in [-0.4, -0.2) is 29.6 Å². The van der Waals surface area contributed by atoms with E-state index in [-0.39, 0.29) is 29.9 Å². The lowest BCUT2D eigenvalue weighted by atomic mass is 10.2. The van der Waals surface area contributed by atoms with Gasteiger partial charge >= 0.3 is 5.97 Å². The van der Waals surface area contributed by atoms with E-state index in [9.17, 15) is 14.7 Å². The molecule has 0 aliphatic rings. The summed E-state index contributed by atoms with van der Waals surface area (Å²) in [4.78, 5) is 23.4. The van der Waals surface area contributed by atoms with Crippen molar-refractivity contribution < 1.29 is 19.4 Å².